The van der Waals surface area contributed by atoms with Crippen LogP contribution in [0.25, 0.3) is 0 Å². The maximum Gasteiger partial charge on any atom is 0.0918 e. The molecule has 0 amide bonds. The normalized spacial score (nSPS) is 11.3. The molecule has 0 atom stereocenters. The average molecular weight is 165 g/mol. The van der Waals surface area contributed by atoms with Crippen LogP contribution in [0.15, 0.2) is 28.6 Å². The summed E-state index contributed by atoms with van der Waals surface area (Å²) >= 11 is 0. The van der Waals surface area contributed by atoms with Crippen molar-refractivity contribution in [3.05, 3.63) is 29.6 Å². The Labute approximate surface area is 68.7 Å². The van der Waals surface area contributed by atoms with Gasteiger partial charge in [-0.25, -0.2) is 0 Å². The molecule has 0 spiro atoms. The van der Waals surface area contributed by atoms with E-state index in [9.17, 15) is 0 Å². The van der Waals surface area contributed by atoms with Crippen LogP contribution in [0.2, 0.25) is 0 Å². The van der Waals surface area contributed by atoms with Gasteiger partial charge in [-0.15, -0.1) is 0 Å². The van der Waals surface area contributed by atoms with Gasteiger partial charge < -0.3 is 10.4 Å². The number of hydrogen-bond acceptors (Lipinski definition) is 5. The van der Waals surface area contributed by atoms with Crippen LogP contribution in [0.1, 0.15) is 11.3 Å². The van der Waals surface area contributed by atoms with Gasteiger partial charge in [-0.05, 0) is 17.7 Å². The molecule has 12 heavy (non-hydrogen) atoms. The highest BCUT2D eigenvalue weighted by atomic mass is 16.4. The van der Waals surface area contributed by atoms with E-state index in [4.69, 9.17) is 10.4 Å². The van der Waals surface area contributed by atoms with Crippen molar-refractivity contribution in [1.29, 1.82) is 0 Å². The molecule has 0 aliphatic carbocycles. The molecule has 0 aliphatic rings. The fourth-order valence-electron chi connectivity index (χ4n) is 0.742. The topological polar surface area (TPSA) is 78.1 Å². The minimum atomic E-state index is 0.495. The van der Waals surface area contributed by atoms with Crippen LogP contribution >= 0.6 is 0 Å². The third-order valence-corrected chi connectivity index (χ3v) is 1.20. The van der Waals surface area contributed by atoms with E-state index < -0.39 is 0 Å². The van der Waals surface area contributed by atoms with Crippen molar-refractivity contribution < 1.29 is 10.4 Å². The van der Waals surface area contributed by atoms with Crippen LogP contribution in [0, 0.1) is 0 Å². The Hall–Kier alpha value is -1.91. The molecule has 0 fully saturated rings. The Kier molecular flexibility index (Phi) is 2.78. The quantitative estimate of drug-likeness (QED) is 0.384. The fourth-order valence-corrected chi connectivity index (χ4v) is 0.742. The first-order chi connectivity index (χ1) is 5.86. The highest BCUT2D eigenvalue weighted by Gasteiger charge is 1.91. The number of aromatic nitrogens is 1. The number of rotatable bonds is 2. The van der Waals surface area contributed by atoms with Gasteiger partial charge in [0.2, 0.25) is 0 Å². The maximum absolute atomic E-state index is 8.21. The average Bonchev–Trinajstić information content (AvgIpc) is 2.06. The molecule has 0 radical (unpaired) electrons. The summed E-state index contributed by atoms with van der Waals surface area (Å²) in [5.74, 6) is 0. The Morgan fingerprint density at radius 1 is 1.25 bits per heavy atom. The highest BCUT2D eigenvalue weighted by Crippen LogP contribution is 1.96. The Morgan fingerprint density at radius 2 is 2.00 bits per heavy atom. The standard InChI is InChI=1S/C7H7N3O2/c11-9-4-6-1-2-8-7(3-6)5-10-12/h1-5,11-12H/b9-4-,10-5+. The van der Waals surface area contributed by atoms with Crippen molar-refractivity contribution in [1.82, 2.24) is 4.98 Å². The lowest BCUT2D eigenvalue weighted by Gasteiger charge is -1.92. The van der Waals surface area contributed by atoms with E-state index in [0.717, 1.165) is 0 Å². The molecule has 1 aromatic rings. The number of nitrogens with zero attached hydrogens (tertiary/aromatic N) is 3. The summed E-state index contributed by atoms with van der Waals surface area (Å²) in [5.41, 5.74) is 1.18. The van der Waals surface area contributed by atoms with Crippen LogP contribution in [0.5, 0.6) is 0 Å². The van der Waals surface area contributed by atoms with Crippen LogP contribution in [0.3, 0.4) is 0 Å². The predicted molar refractivity (Wildman–Crippen MR) is 43.0 cm³/mol. The van der Waals surface area contributed by atoms with E-state index in [1.54, 1.807) is 12.1 Å². The minimum absolute atomic E-state index is 0.495. The van der Waals surface area contributed by atoms with Crippen LogP contribution < -0.4 is 0 Å². The third-order valence-electron chi connectivity index (χ3n) is 1.20. The van der Waals surface area contributed by atoms with Gasteiger partial charge in [0.25, 0.3) is 0 Å². The van der Waals surface area contributed by atoms with Crippen LogP contribution in [-0.4, -0.2) is 27.8 Å². The summed E-state index contributed by atoms with van der Waals surface area (Å²) in [7, 11) is 0. The maximum atomic E-state index is 8.21. The predicted octanol–water partition coefficient (Wildman–Crippen LogP) is 0.698. The van der Waals surface area contributed by atoms with Crippen molar-refractivity contribution in [2.45, 2.75) is 0 Å². The largest absolute Gasteiger partial charge is 0.411 e. The van der Waals surface area contributed by atoms with Gasteiger partial charge >= 0.3 is 0 Å². The van der Waals surface area contributed by atoms with E-state index in [1.165, 1.54) is 18.6 Å². The van der Waals surface area contributed by atoms with Gasteiger partial charge in [0.1, 0.15) is 0 Å². The lowest BCUT2D eigenvalue weighted by atomic mass is 10.2. The molecule has 0 saturated carbocycles. The summed E-state index contributed by atoms with van der Waals surface area (Å²) in [6.07, 6.45) is 3.97. The second kappa shape index (κ2) is 4.07. The summed E-state index contributed by atoms with van der Waals surface area (Å²) in [4.78, 5) is 3.86. The molecule has 0 bridgehead atoms. The van der Waals surface area contributed by atoms with Gasteiger partial charge in [-0.2, -0.15) is 0 Å². The highest BCUT2D eigenvalue weighted by molar-refractivity contribution is 5.83. The Morgan fingerprint density at radius 3 is 2.67 bits per heavy atom. The molecule has 0 aromatic carbocycles. The SMILES string of the molecule is O/N=C\c1ccnc(/C=N/O)c1. The first-order valence-electron chi connectivity index (χ1n) is 3.17. The molecule has 5 heteroatoms. The molecule has 0 saturated heterocycles. The van der Waals surface area contributed by atoms with E-state index in [-0.39, 0.29) is 0 Å². The monoisotopic (exact) mass is 165 g/mol. The second-order valence-corrected chi connectivity index (χ2v) is 2.00. The van der Waals surface area contributed by atoms with Gasteiger partial charge in [-0.1, -0.05) is 10.3 Å². The first kappa shape index (κ1) is 8.19. The van der Waals surface area contributed by atoms with Crippen molar-refractivity contribution in [2.75, 3.05) is 0 Å². The van der Waals surface area contributed by atoms with E-state index in [1.807, 2.05) is 0 Å². The molecule has 62 valence electrons. The van der Waals surface area contributed by atoms with Crippen molar-refractivity contribution in [3.63, 3.8) is 0 Å². The lowest BCUT2D eigenvalue weighted by Crippen LogP contribution is -1.89. The molecule has 1 rings (SSSR count). The van der Waals surface area contributed by atoms with Gasteiger partial charge in [0.15, 0.2) is 0 Å². The van der Waals surface area contributed by atoms with Crippen LogP contribution in [-0.2, 0) is 0 Å². The van der Waals surface area contributed by atoms with E-state index in [0.29, 0.717) is 11.3 Å². The number of pyridine rings is 1. The van der Waals surface area contributed by atoms with Crippen molar-refractivity contribution >= 4 is 12.4 Å². The van der Waals surface area contributed by atoms with E-state index >= 15 is 0 Å². The smallest absolute Gasteiger partial charge is 0.0918 e. The Bertz CT molecular complexity index is 282. The first-order valence-corrected chi connectivity index (χ1v) is 3.17. The van der Waals surface area contributed by atoms with Gasteiger partial charge in [0.05, 0.1) is 18.1 Å². The van der Waals surface area contributed by atoms with E-state index in [2.05, 4.69) is 15.3 Å². The molecular formula is C7H7N3O2. The van der Waals surface area contributed by atoms with Crippen LogP contribution in [0.4, 0.5) is 0 Å². The van der Waals surface area contributed by atoms with Crippen molar-refractivity contribution in [3.8, 4) is 0 Å². The zero-order valence-electron chi connectivity index (χ0n) is 6.12. The second-order valence-electron chi connectivity index (χ2n) is 2.00. The summed E-state index contributed by atoms with van der Waals surface area (Å²) in [6, 6.07) is 3.27. The summed E-state index contributed by atoms with van der Waals surface area (Å²) in [5, 5.41) is 22.1. The molecular weight excluding hydrogens is 158 g/mol. The Balaban J connectivity index is 2.95. The zero-order valence-corrected chi connectivity index (χ0v) is 6.12. The third kappa shape index (κ3) is 2.05. The number of oxime groups is 2. The minimum Gasteiger partial charge on any atom is -0.411 e. The molecule has 1 aromatic heterocycles. The van der Waals surface area contributed by atoms with Crippen molar-refractivity contribution in [2.24, 2.45) is 10.3 Å². The van der Waals surface area contributed by atoms with Gasteiger partial charge in [-0.3, -0.25) is 4.98 Å². The lowest BCUT2D eigenvalue weighted by molar-refractivity contribution is 0.321. The number of hydrogen-bond donors (Lipinski definition) is 2. The molecule has 5 nitrogen and oxygen atoms in total. The zero-order chi connectivity index (χ0) is 8.81. The fraction of sp³-hybridized carbons (Fsp3) is 0. The van der Waals surface area contributed by atoms with Gasteiger partial charge in [0, 0.05) is 6.20 Å². The summed E-state index contributed by atoms with van der Waals surface area (Å²) in [6.45, 7) is 0. The summed E-state index contributed by atoms with van der Waals surface area (Å²) < 4.78 is 0. The molecule has 0 aliphatic heterocycles. The molecule has 1 heterocycles. The molecule has 0 unspecified atom stereocenters. The molecule has 2 N–H and O–H groups in total.